The van der Waals surface area contributed by atoms with Gasteiger partial charge in [0.1, 0.15) is 0 Å². The molecule has 1 aliphatic heterocycles. The quantitative estimate of drug-likeness (QED) is 0.816. The van der Waals surface area contributed by atoms with Crippen molar-refractivity contribution in [2.24, 2.45) is 5.92 Å². The van der Waals surface area contributed by atoms with Crippen molar-refractivity contribution in [1.82, 2.24) is 9.88 Å². The van der Waals surface area contributed by atoms with Gasteiger partial charge >= 0.3 is 6.09 Å². The predicted octanol–water partition coefficient (Wildman–Crippen LogP) is 3.63. The first-order valence-electron chi connectivity index (χ1n) is 8.30. The summed E-state index contributed by atoms with van der Waals surface area (Å²) < 4.78 is 9.37. The lowest BCUT2D eigenvalue weighted by Gasteiger charge is -2.31. The average molecular weight is 380 g/mol. The molecule has 1 saturated heterocycles. The molecule has 1 aliphatic rings. The van der Waals surface area contributed by atoms with Crippen LogP contribution in [0.5, 0.6) is 0 Å². The van der Waals surface area contributed by atoms with E-state index in [1.165, 1.54) is 19.4 Å². The molecule has 1 unspecified atom stereocenters. The number of anilines is 1. The molecule has 3 heterocycles. The van der Waals surface area contributed by atoms with Crippen LogP contribution in [0.3, 0.4) is 0 Å². The highest BCUT2D eigenvalue weighted by Crippen LogP contribution is 2.17. The molecule has 26 heavy (non-hydrogen) atoms. The summed E-state index contributed by atoms with van der Waals surface area (Å²) in [5, 5.41) is 2.79. The first-order valence-corrected chi connectivity index (χ1v) is 8.68. The maximum Gasteiger partial charge on any atom is 0.409 e. The van der Waals surface area contributed by atoms with Crippen LogP contribution in [0.1, 0.15) is 23.4 Å². The number of piperidine rings is 1. The number of hydrogen-bond donors (Lipinski definition) is 1. The summed E-state index contributed by atoms with van der Waals surface area (Å²) in [7, 11) is 1.43. The number of nitrogens with zero attached hydrogens (tertiary/aromatic N) is 2. The Morgan fingerprint density at radius 2 is 2.27 bits per heavy atom. The van der Waals surface area contributed by atoms with Crippen molar-refractivity contribution in [3.8, 4) is 0 Å². The number of halogens is 1. The summed E-state index contributed by atoms with van der Waals surface area (Å²) >= 11 is 5.01. The minimum Gasteiger partial charge on any atom is -0.460 e. The molecule has 2 aromatic heterocycles. The molecule has 0 aliphatic carbocycles. The van der Waals surface area contributed by atoms with Gasteiger partial charge in [-0.2, -0.15) is 0 Å². The smallest absolute Gasteiger partial charge is 0.409 e. The van der Waals surface area contributed by atoms with E-state index in [9.17, 15) is 9.59 Å². The van der Waals surface area contributed by atoms with Gasteiger partial charge in [0.05, 0.1) is 19.1 Å². The van der Waals surface area contributed by atoms with Gasteiger partial charge in [0.2, 0.25) is 0 Å². The predicted molar refractivity (Wildman–Crippen MR) is 98.3 cm³/mol. The summed E-state index contributed by atoms with van der Waals surface area (Å²) in [4.78, 5) is 27.5. The molecule has 140 valence electrons. The third-order valence-electron chi connectivity index (χ3n) is 3.92. The van der Waals surface area contributed by atoms with Crippen molar-refractivity contribution in [1.29, 1.82) is 0 Å². The highest BCUT2D eigenvalue weighted by Gasteiger charge is 2.23. The third-order valence-corrected chi connectivity index (χ3v) is 4.11. The zero-order valence-corrected chi connectivity index (χ0v) is 15.3. The SMILES string of the molecule is COC(=O)N1CCCC(CNc2cccnc2)C1.O=C(Cl)c1ccco1. The minimum absolute atomic E-state index is 0.187. The highest BCUT2D eigenvalue weighted by atomic mass is 35.5. The van der Waals surface area contributed by atoms with E-state index in [1.54, 1.807) is 23.4 Å². The van der Waals surface area contributed by atoms with Crippen molar-refractivity contribution in [3.05, 3.63) is 48.7 Å². The number of nitrogens with one attached hydrogen (secondary N) is 1. The first-order chi connectivity index (χ1) is 12.6. The van der Waals surface area contributed by atoms with E-state index < -0.39 is 5.24 Å². The molecule has 0 aromatic carbocycles. The molecular formula is C18H22ClN3O4. The van der Waals surface area contributed by atoms with Crippen LogP contribution in [-0.2, 0) is 4.74 Å². The van der Waals surface area contributed by atoms with E-state index in [2.05, 4.69) is 14.7 Å². The zero-order valence-electron chi connectivity index (χ0n) is 14.6. The van der Waals surface area contributed by atoms with Crippen LogP contribution < -0.4 is 5.32 Å². The number of rotatable bonds is 4. The van der Waals surface area contributed by atoms with Crippen molar-refractivity contribution in [3.63, 3.8) is 0 Å². The second-order valence-corrected chi connectivity index (χ2v) is 6.14. The number of ether oxygens (including phenoxy) is 1. The summed E-state index contributed by atoms with van der Waals surface area (Å²) in [6.45, 7) is 2.43. The van der Waals surface area contributed by atoms with Gasteiger partial charge in [-0.3, -0.25) is 9.78 Å². The van der Waals surface area contributed by atoms with Crippen molar-refractivity contribution >= 4 is 28.6 Å². The molecular weight excluding hydrogens is 358 g/mol. The van der Waals surface area contributed by atoms with Gasteiger partial charge in [0.15, 0.2) is 5.76 Å². The number of amides is 1. The molecule has 0 bridgehead atoms. The Kier molecular flexibility index (Phi) is 7.95. The van der Waals surface area contributed by atoms with Gasteiger partial charge in [-0.1, -0.05) is 0 Å². The van der Waals surface area contributed by atoms with E-state index in [0.717, 1.165) is 38.2 Å². The number of likely N-dealkylation sites (tertiary alicyclic amines) is 1. The van der Waals surface area contributed by atoms with E-state index in [0.29, 0.717) is 5.92 Å². The number of carbonyl (C=O) groups excluding carboxylic acids is 2. The largest absolute Gasteiger partial charge is 0.460 e. The molecule has 7 nitrogen and oxygen atoms in total. The molecule has 3 rings (SSSR count). The highest BCUT2D eigenvalue weighted by molar-refractivity contribution is 6.67. The maximum absolute atomic E-state index is 11.5. The van der Waals surface area contributed by atoms with Gasteiger partial charge < -0.3 is 19.4 Å². The standard InChI is InChI=1S/C13H19N3O2.C5H3ClO2/c1-18-13(17)16-7-3-4-11(10-16)8-15-12-5-2-6-14-9-12;6-5(7)4-2-1-3-8-4/h2,5-6,9,11,15H,3-4,7-8,10H2,1H3;1-3H. The average Bonchev–Trinajstić information content (AvgIpc) is 3.22. The van der Waals surface area contributed by atoms with Crippen LogP contribution in [-0.4, -0.2) is 48.0 Å². The van der Waals surface area contributed by atoms with Crippen LogP contribution in [0.4, 0.5) is 10.5 Å². The number of aromatic nitrogens is 1. The number of furan rings is 1. The molecule has 0 spiro atoms. The second-order valence-electron chi connectivity index (χ2n) is 5.80. The van der Waals surface area contributed by atoms with Crippen LogP contribution in [0.15, 0.2) is 47.3 Å². The Morgan fingerprint density at radius 1 is 1.42 bits per heavy atom. The van der Waals surface area contributed by atoms with Crippen LogP contribution in [0.2, 0.25) is 0 Å². The molecule has 1 N–H and O–H groups in total. The van der Waals surface area contributed by atoms with Crippen molar-refractivity contribution < 1.29 is 18.7 Å². The molecule has 2 aromatic rings. The van der Waals surface area contributed by atoms with Gasteiger partial charge in [-0.25, -0.2) is 4.79 Å². The lowest BCUT2D eigenvalue weighted by molar-refractivity contribution is 0.103. The Hall–Kier alpha value is -2.54. The molecule has 0 radical (unpaired) electrons. The molecule has 1 atom stereocenters. The molecule has 1 fully saturated rings. The van der Waals surface area contributed by atoms with E-state index in [1.807, 2.05) is 12.1 Å². The second kappa shape index (κ2) is 10.5. The summed E-state index contributed by atoms with van der Waals surface area (Å²) in [6.07, 6.45) is 6.91. The van der Waals surface area contributed by atoms with E-state index in [-0.39, 0.29) is 11.9 Å². The third kappa shape index (κ3) is 6.40. The normalized spacial score (nSPS) is 16.2. The van der Waals surface area contributed by atoms with Crippen LogP contribution in [0, 0.1) is 5.92 Å². The van der Waals surface area contributed by atoms with Crippen molar-refractivity contribution in [2.75, 3.05) is 32.1 Å². The monoisotopic (exact) mass is 379 g/mol. The molecule has 0 saturated carbocycles. The van der Waals surface area contributed by atoms with Gasteiger partial charge in [0, 0.05) is 32.0 Å². The number of hydrogen-bond acceptors (Lipinski definition) is 6. The molecule has 8 heteroatoms. The first kappa shape index (κ1) is 19.8. The Labute approximate surface area is 157 Å². The fraction of sp³-hybridized carbons (Fsp3) is 0.389. The summed E-state index contributed by atoms with van der Waals surface area (Å²) in [6, 6.07) is 7.02. The topological polar surface area (TPSA) is 84.7 Å². The lowest BCUT2D eigenvalue weighted by atomic mass is 9.98. The van der Waals surface area contributed by atoms with Gasteiger partial charge in [-0.05, 0) is 54.6 Å². The van der Waals surface area contributed by atoms with Crippen LogP contribution >= 0.6 is 11.6 Å². The zero-order chi connectivity index (χ0) is 18.8. The number of methoxy groups -OCH3 is 1. The Bertz CT molecular complexity index is 679. The fourth-order valence-corrected chi connectivity index (χ4v) is 2.75. The minimum atomic E-state index is -0.560. The van der Waals surface area contributed by atoms with Gasteiger partial charge in [0.25, 0.3) is 5.24 Å². The number of pyridine rings is 1. The molecule has 1 amide bonds. The lowest BCUT2D eigenvalue weighted by Crippen LogP contribution is -2.41. The Balaban J connectivity index is 0.000000254. The van der Waals surface area contributed by atoms with E-state index >= 15 is 0 Å². The Morgan fingerprint density at radius 3 is 2.85 bits per heavy atom. The van der Waals surface area contributed by atoms with Crippen molar-refractivity contribution in [2.45, 2.75) is 12.8 Å². The van der Waals surface area contributed by atoms with Gasteiger partial charge in [-0.15, -0.1) is 0 Å². The summed E-state index contributed by atoms with van der Waals surface area (Å²) in [5.41, 5.74) is 1.02. The summed E-state index contributed by atoms with van der Waals surface area (Å²) in [5.74, 6) is 0.657. The van der Waals surface area contributed by atoms with Crippen LogP contribution in [0.25, 0.3) is 0 Å². The van der Waals surface area contributed by atoms with E-state index in [4.69, 9.17) is 16.3 Å². The maximum atomic E-state index is 11.5. The fourth-order valence-electron chi connectivity index (χ4n) is 2.65. The number of carbonyl (C=O) groups is 2.